The van der Waals surface area contributed by atoms with Crippen LogP contribution in [-0.2, 0) is 11.3 Å². The Balaban J connectivity index is 1.23. The van der Waals surface area contributed by atoms with E-state index in [2.05, 4.69) is 15.1 Å². The second-order valence-corrected chi connectivity index (χ2v) is 10.2. The van der Waals surface area contributed by atoms with Gasteiger partial charge < -0.3 is 28.9 Å². The van der Waals surface area contributed by atoms with E-state index in [4.69, 9.17) is 14.2 Å². The molecule has 44 heavy (non-hydrogen) atoms. The molecule has 1 saturated heterocycles. The van der Waals surface area contributed by atoms with Gasteiger partial charge in [0.15, 0.2) is 5.82 Å². The highest BCUT2D eigenvalue weighted by Crippen LogP contribution is 2.32. The van der Waals surface area contributed by atoms with Crippen LogP contribution in [0.1, 0.15) is 15.9 Å². The summed E-state index contributed by atoms with van der Waals surface area (Å²) in [5.41, 5.74) is 2.63. The van der Waals surface area contributed by atoms with Crippen LogP contribution in [0.3, 0.4) is 0 Å². The van der Waals surface area contributed by atoms with E-state index < -0.39 is 0 Å². The summed E-state index contributed by atoms with van der Waals surface area (Å²) in [6, 6.07) is 22.0. The van der Waals surface area contributed by atoms with Gasteiger partial charge in [0.1, 0.15) is 29.6 Å². The molecule has 0 N–H and O–H groups in total. The van der Waals surface area contributed by atoms with Crippen molar-refractivity contribution in [3.63, 3.8) is 0 Å². The average Bonchev–Trinajstić information content (AvgIpc) is 3.08. The third-order valence-corrected chi connectivity index (χ3v) is 7.53. The number of rotatable bonds is 10. The van der Waals surface area contributed by atoms with Crippen molar-refractivity contribution in [1.29, 1.82) is 0 Å². The van der Waals surface area contributed by atoms with Crippen molar-refractivity contribution in [1.82, 2.24) is 20.0 Å². The first-order chi connectivity index (χ1) is 21.4. The summed E-state index contributed by atoms with van der Waals surface area (Å²) in [4.78, 5) is 32.2. The van der Waals surface area contributed by atoms with Crippen LogP contribution in [0.4, 0.5) is 10.2 Å². The molecule has 1 aromatic heterocycles. The Morgan fingerprint density at radius 3 is 2.09 bits per heavy atom. The Hall–Kier alpha value is -5.19. The van der Waals surface area contributed by atoms with E-state index in [0.29, 0.717) is 60.5 Å². The van der Waals surface area contributed by atoms with Crippen LogP contribution in [0.2, 0.25) is 0 Å². The van der Waals surface area contributed by atoms with E-state index in [1.54, 1.807) is 68.7 Å². The SMILES string of the molecule is COc1ccc(C(=O)N(CC(=O)N2CCN(c3ccc(-c4ccc(OC)cc4OC)nn3)CC2)Cc2ccc(F)cc2)cc1. The van der Waals surface area contributed by atoms with Crippen LogP contribution < -0.4 is 19.1 Å². The van der Waals surface area contributed by atoms with Gasteiger partial charge in [-0.1, -0.05) is 12.1 Å². The highest BCUT2D eigenvalue weighted by molar-refractivity contribution is 5.96. The first kappa shape index (κ1) is 30.3. The van der Waals surface area contributed by atoms with Crippen LogP contribution in [0.15, 0.2) is 78.9 Å². The standard InChI is InChI=1S/C33H34FN5O5/c1-42-26-10-6-24(7-11-26)33(41)39(21-23-4-8-25(34)9-5-23)22-32(40)38-18-16-37(17-19-38)31-15-14-29(35-36-31)28-13-12-27(43-2)20-30(28)44-3/h4-15,20H,16-19,21-22H2,1-3H3. The number of amides is 2. The molecular weight excluding hydrogens is 565 g/mol. The number of aromatic nitrogens is 2. The number of ether oxygens (including phenoxy) is 3. The predicted octanol–water partition coefficient (Wildman–Crippen LogP) is 4.30. The van der Waals surface area contributed by atoms with Gasteiger partial charge in [-0.25, -0.2) is 4.39 Å². The van der Waals surface area contributed by atoms with Gasteiger partial charge in [-0.15, -0.1) is 10.2 Å². The molecule has 4 aromatic rings. The lowest BCUT2D eigenvalue weighted by Gasteiger charge is -2.36. The molecule has 0 aliphatic carbocycles. The quantitative estimate of drug-likeness (QED) is 0.266. The van der Waals surface area contributed by atoms with Gasteiger partial charge in [-0.2, -0.15) is 0 Å². The Kier molecular flexibility index (Phi) is 9.53. The zero-order valence-corrected chi connectivity index (χ0v) is 24.9. The molecule has 2 heterocycles. The van der Waals surface area contributed by atoms with Crippen molar-refractivity contribution in [3.8, 4) is 28.5 Å². The van der Waals surface area contributed by atoms with Crippen molar-refractivity contribution in [3.05, 3.63) is 95.8 Å². The van der Waals surface area contributed by atoms with E-state index in [1.165, 1.54) is 17.0 Å². The van der Waals surface area contributed by atoms with E-state index in [9.17, 15) is 14.0 Å². The van der Waals surface area contributed by atoms with E-state index in [1.807, 2.05) is 24.3 Å². The molecule has 0 spiro atoms. The van der Waals surface area contributed by atoms with Crippen molar-refractivity contribution >= 4 is 17.6 Å². The van der Waals surface area contributed by atoms with Crippen molar-refractivity contribution in [2.24, 2.45) is 0 Å². The maximum absolute atomic E-state index is 13.5. The van der Waals surface area contributed by atoms with Crippen LogP contribution >= 0.6 is 0 Å². The first-order valence-corrected chi connectivity index (χ1v) is 14.1. The number of carbonyl (C=O) groups is 2. The number of hydrogen-bond acceptors (Lipinski definition) is 8. The number of piperazine rings is 1. The molecule has 11 heteroatoms. The summed E-state index contributed by atoms with van der Waals surface area (Å²) in [6.45, 7) is 2.12. The summed E-state index contributed by atoms with van der Waals surface area (Å²) >= 11 is 0. The molecule has 1 aliphatic rings. The Bertz CT molecular complexity index is 1570. The Labute approximate surface area is 255 Å². The number of hydrogen-bond donors (Lipinski definition) is 0. The lowest BCUT2D eigenvalue weighted by molar-refractivity contribution is -0.132. The Morgan fingerprint density at radius 2 is 1.48 bits per heavy atom. The van der Waals surface area contributed by atoms with E-state index >= 15 is 0 Å². The monoisotopic (exact) mass is 599 g/mol. The molecule has 2 amide bonds. The van der Waals surface area contributed by atoms with Crippen molar-refractivity contribution < 1.29 is 28.2 Å². The lowest BCUT2D eigenvalue weighted by atomic mass is 10.1. The molecule has 228 valence electrons. The molecule has 1 aliphatic heterocycles. The highest BCUT2D eigenvalue weighted by atomic mass is 19.1. The van der Waals surface area contributed by atoms with Gasteiger partial charge in [0.05, 0.1) is 27.0 Å². The van der Waals surface area contributed by atoms with Crippen LogP contribution in [0.5, 0.6) is 17.2 Å². The number of anilines is 1. The summed E-state index contributed by atoms with van der Waals surface area (Å²) in [7, 11) is 4.75. The fourth-order valence-corrected chi connectivity index (χ4v) is 5.02. The largest absolute Gasteiger partial charge is 0.497 e. The average molecular weight is 600 g/mol. The second-order valence-electron chi connectivity index (χ2n) is 10.2. The van der Waals surface area contributed by atoms with Gasteiger partial charge in [-0.05, 0) is 66.2 Å². The molecule has 0 radical (unpaired) electrons. The molecule has 5 rings (SSSR count). The number of methoxy groups -OCH3 is 3. The molecule has 0 atom stereocenters. The molecule has 0 bridgehead atoms. The smallest absolute Gasteiger partial charge is 0.254 e. The molecule has 3 aromatic carbocycles. The minimum Gasteiger partial charge on any atom is -0.497 e. The summed E-state index contributed by atoms with van der Waals surface area (Å²) in [5, 5.41) is 8.85. The summed E-state index contributed by atoms with van der Waals surface area (Å²) in [5.74, 6) is 1.83. The van der Waals surface area contributed by atoms with Gasteiger partial charge in [0.25, 0.3) is 5.91 Å². The summed E-state index contributed by atoms with van der Waals surface area (Å²) < 4.78 is 29.5. The summed E-state index contributed by atoms with van der Waals surface area (Å²) in [6.07, 6.45) is 0. The number of benzene rings is 3. The Morgan fingerprint density at radius 1 is 0.795 bits per heavy atom. The normalized spacial score (nSPS) is 12.9. The fraction of sp³-hybridized carbons (Fsp3) is 0.273. The molecule has 10 nitrogen and oxygen atoms in total. The topological polar surface area (TPSA) is 97.3 Å². The van der Waals surface area contributed by atoms with Gasteiger partial charge in [-0.3, -0.25) is 9.59 Å². The third kappa shape index (κ3) is 7.05. The zero-order chi connectivity index (χ0) is 31.1. The van der Waals surface area contributed by atoms with E-state index in [-0.39, 0.29) is 30.7 Å². The van der Waals surface area contributed by atoms with Crippen LogP contribution in [0, 0.1) is 5.82 Å². The molecule has 1 fully saturated rings. The number of nitrogens with zero attached hydrogens (tertiary/aromatic N) is 5. The van der Waals surface area contributed by atoms with E-state index in [0.717, 1.165) is 11.1 Å². The lowest BCUT2D eigenvalue weighted by Crippen LogP contribution is -2.52. The van der Waals surface area contributed by atoms with Crippen LogP contribution in [-0.4, -0.2) is 85.9 Å². The minimum atomic E-state index is -0.365. The third-order valence-electron chi connectivity index (χ3n) is 7.53. The number of carbonyl (C=O) groups excluding carboxylic acids is 2. The zero-order valence-electron chi connectivity index (χ0n) is 24.9. The van der Waals surface area contributed by atoms with Crippen LogP contribution in [0.25, 0.3) is 11.3 Å². The molecular formula is C33H34FN5O5. The van der Waals surface area contributed by atoms with Crippen molar-refractivity contribution in [2.75, 3.05) is 59.0 Å². The predicted molar refractivity (Wildman–Crippen MR) is 163 cm³/mol. The van der Waals surface area contributed by atoms with Gasteiger partial charge >= 0.3 is 0 Å². The first-order valence-electron chi connectivity index (χ1n) is 14.1. The number of halogens is 1. The van der Waals surface area contributed by atoms with Gasteiger partial charge in [0.2, 0.25) is 5.91 Å². The fourth-order valence-electron chi connectivity index (χ4n) is 5.02. The van der Waals surface area contributed by atoms with Gasteiger partial charge in [0, 0.05) is 49.9 Å². The maximum Gasteiger partial charge on any atom is 0.254 e. The second kappa shape index (κ2) is 13.9. The highest BCUT2D eigenvalue weighted by Gasteiger charge is 2.26. The molecule has 0 unspecified atom stereocenters. The molecule has 0 saturated carbocycles. The van der Waals surface area contributed by atoms with Crippen molar-refractivity contribution in [2.45, 2.75) is 6.54 Å². The maximum atomic E-state index is 13.5. The minimum absolute atomic E-state index is 0.111.